The maximum atomic E-state index is 5.79. The molecule has 1 aromatic heterocycles. The van der Waals surface area contributed by atoms with Gasteiger partial charge in [-0.05, 0) is 25.5 Å². The predicted octanol–water partition coefficient (Wildman–Crippen LogP) is 2.00. The van der Waals surface area contributed by atoms with E-state index in [0.717, 1.165) is 57.2 Å². The molecule has 1 unspecified atom stereocenters. The zero-order valence-electron chi connectivity index (χ0n) is 11.0. The summed E-state index contributed by atoms with van der Waals surface area (Å²) in [6.45, 7) is 6.42. The summed E-state index contributed by atoms with van der Waals surface area (Å²) < 4.78 is 11.1. The zero-order valence-corrected chi connectivity index (χ0v) is 11.0. The van der Waals surface area contributed by atoms with E-state index < -0.39 is 0 Å². The molecule has 0 amide bonds. The molecule has 0 radical (unpaired) electrons. The first-order valence-electron chi connectivity index (χ1n) is 6.74. The SMILES string of the molecule is CCCNCc1cc(OCC2CCOC2)ccn1. The van der Waals surface area contributed by atoms with Crippen molar-refractivity contribution < 1.29 is 9.47 Å². The minimum atomic E-state index is 0.542. The van der Waals surface area contributed by atoms with Crippen LogP contribution in [-0.2, 0) is 11.3 Å². The summed E-state index contributed by atoms with van der Waals surface area (Å²) in [6, 6.07) is 3.93. The number of hydrogen-bond acceptors (Lipinski definition) is 4. The Kier molecular flexibility index (Phi) is 5.42. The third-order valence-electron chi connectivity index (χ3n) is 3.03. The van der Waals surface area contributed by atoms with Crippen LogP contribution >= 0.6 is 0 Å². The van der Waals surface area contributed by atoms with E-state index in [2.05, 4.69) is 17.2 Å². The van der Waals surface area contributed by atoms with Crippen molar-refractivity contribution in [2.24, 2.45) is 5.92 Å². The molecule has 0 bridgehead atoms. The van der Waals surface area contributed by atoms with E-state index in [1.54, 1.807) is 0 Å². The average Bonchev–Trinajstić information content (AvgIpc) is 2.90. The molecule has 1 aliphatic rings. The van der Waals surface area contributed by atoms with Crippen molar-refractivity contribution in [1.29, 1.82) is 0 Å². The van der Waals surface area contributed by atoms with Gasteiger partial charge < -0.3 is 14.8 Å². The minimum Gasteiger partial charge on any atom is -0.493 e. The topological polar surface area (TPSA) is 43.4 Å². The van der Waals surface area contributed by atoms with Gasteiger partial charge in [0.15, 0.2) is 0 Å². The number of nitrogens with zero attached hydrogens (tertiary/aromatic N) is 1. The summed E-state index contributed by atoms with van der Waals surface area (Å²) in [5, 5.41) is 3.34. The molecule has 1 aromatic rings. The largest absolute Gasteiger partial charge is 0.493 e. The molecule has 4 heteroatoms. The third kappa shape index (κ3) is 4.27. The number of ether oxygens (including phenoxy) is 2. The highest BCUT2D eigenvalue weighted by molar-refractivity contribution is 5.22. The Labute approximate surface area is 109 Å². The molecule has 100 valence electrons. The van der Waals surface area contributed by atoms with Crippen molar-refractivity contribution in [2.75, 3.05) is 26.4 Å². The molecule has 1 fully saturated rings. The predicted molar refractivity (Wildman–Crippen MR) is 70.7 cm³/mol. The maximum absolute atomic E-state index is 5.79. The Hall–Kier alpha value is -1.13. The van der Waals surface area contributed by atoms with Crippen LogP contribution in [0.2, 0.25) is 0 Å². The van der Waals surface area contributed by atoms with Crippen LogP contribution in [0.4, 0.5) is 0 Å². The van der Waals surface area contributed by atoms with Gasteiger partial charge in [-0.1, -0.05) is 6.92 Å². The quantitative estimate of drug-likeness (QED) is 0.752. The molecule has 1 atom stereocenters. The van der Waals surface area contributed by atoms with Crippen LogP contribution in [0.1, 0.15) is 25.5 Å². The van der Waals surface area contributed by atoms with E-state index in [1.807, 2.05) is 18.3 Å². The molecule has 2 heterocycles. The normalized spacial score (nSPS) is 19.1. The van der Waals surface area contributed by atoms with Gasteiger partial charge in [0, 0.05) is 31.3 Å². The second-order valence-electron chi connectivity index (χ2n) is 4.70. The molecule has 2 rings (SSSR count). The maximum Gasteiger partial charge on any atom is 0.122 e. The molecule has 1 aliphatic heterocycles. The van der Waals surface area contributed by atoms with Gasteiger partial charge in [-0.2, -0.15) is 0 Å². The van der Waals surface area contributed by atoms with Crippen molar-refractivity contribution >= 4 is 0 Å². The van der Waals surface area contributed by atoms with Gasteiger partial charge in [0.25, 0.3) is 0 Å². The summed E-state index contributed by atoms with van der Waals surface area (Å²) in [5.41, 5.74) is 1.03. The van der Waals surface area contributed by atoms with Crippen LogP contribution in [0, 0.1) is 5.92 Å². The molecule has 18 heavy (non-hydrogen) atoms. The lowest BCUT2D eigenvalue weighted by atomic mass is 10.1. The van der Waals surface area contributed by atoms with Crippen LogP contribution < -0.4 is 10.1 Å². The standard InChI is InChI=1S/C14H22N2O2/c1-2-5-15-9-13-8-14(3-6-16-13)18-11-12-4-7-17-10-12/h3,6,8,12,15H,2,4-5,7,9-11H2,1H3. The Morgan fingerprint density at radius 1 is 1.56 bits per heavy atom. The minimum absolute atomic E-state index is 0.542. The zero-order chi connectivity index (χ0) is 12.6. The lowest BCUT2D eigenvalue weighted by Crippen LogP contribution is -2.15. The van der Waals surface area contributed by atoms with Gasteiger partial charge in [-0.25, -0.2) is 0 Å². The highest BCUT2D eigenvalue weighted by atomic mass is 16.5. The fraction of sp³-hybridized carbons (Fsp3) is 0.643. The highest BCUT2D eigenvalue weighted by Crippen LogP contribution is 2.16. The summed E-state index contributed by atoms with van der Waals surface area (Å²) in [7, 11) is 0. The Morgan fingerprint density at radius 2 is 2.50 bits per heavy atom. The van der Waals surface area contributed by atoms with E-state index >= 15 is 0 Å². The van der Waals surface area contributed by atoms with E-state index in [0.29, 0.717) is 5.92 Å². The molecule has 0 aliphatic carbocycles. The van der Waals surface area contributed by atoms with Crippen LogP contribution in [0.25, 0.3) is 0 Å². The van der Waals surface area contributed by atoms with Crippen LogP contribution in [0.5, 0.6) is 5.75 Å². The van der Waals surface area contributed by atoms with Gasteiger partial charge in [0.1, 0.15) is 5.75 Å². The number of aromatic nitrogens is 1. The summed E-state index contributed by atoms with van der Waals surface area (Å²) >= 11 is 0. The van der Waals surface area contributed by atoms with Gasteiger partial charge in [0.2, 0.25) is 0 Å². The van der Waals surface area contributed by atoms with Crippen LogP contribution in [0.15, 0.2) is 18.3 Å². The molecule has 4 nitrogen and oxygen atoms in total. The summed E-state index contributed by atoms with van der Waals surface area (Å²) in [6.07, 6.45) is 4.05. The second kappa shape index (κ2) is 7.34. The average molecular weight is 250 g/mol. The van der Waals surface area contributed by atoms with Crippen molar-refractivity contribution in [1.82, 2.24) is 10.3 Å². The van der Waals surface area contributed by atoms with Crippen LogP contribution in [0.3, 0.4) is 0 Å². The third-order valence-corrected chi connectivity index (χ3v) is 3.03. The van der Waals surface area contributed by atoms with E-state index in [9.17, 15) is 0 Å². The number of rotatable bonds is 7. The van der Waals surface area contributed by atoms with Crippen molar-refractivity contribution in [3.8, 4) is 5.75 Å². The molecular formula is C14H22N2O2. The van der Waals surface area contributed by atoms with Crippen molar-refractivity contribution in [3.05, 3.63) is 24.0 Å². The van der Waals surface area contributed by atoms with E-state index in [1.165, 1.54) is 0 Å². The Bertz CT molecular complexity index is 351. The van der Waals surface area contributed by atoms with E-state index in [4.69, 9.17) is 9.47 Å². The smallest absolute Gasteiger partial charge is 0.122 e. The highest BCUT2D eigenvalue weighted by Gasteiger charge is 2.16. The number of hydrogen-bond donors (Lipinski definition) is 1. The molecule has 0 saturated carbocycles. The molecule has 1 saturated heterocycles. The van der Waals surface area contributed by atoms with Crippen molar-refractivity contribution in [3.63, 3.8) is 0 Å². The van der Waals surface area contributed by atoms with Gasteiger partial charge >= 0.3 is 0 Å². The summed E-state index contributed by atoms with van der Waals surface area (Å²) in [5.74, 6) is 1.45. The lowest BCUT2D eigenvalue weighted by Gasteiger charge is -2.11. The molecular weight excluding hydrogens is 228 g/mol. The Balaban J connectivity index is 1.78. The lowest BCUT2D eigenvalue weighted by molar-refractivity contribution is 0.167. The fourth-order valence-electron chi connectivity index (χ4n) is 1.96. The number of nitrogens with one attached hydrogen (secondary N) is 1. The monoisotopic (exact) mass is 250 g/mol. The van der Waals surface area contributed by atoms with Gasteiger partial charge in [0.05, 0.1) is 18.9 Å². The fourth-order valence-corrected chi connectivity index (χ4v) is 1.96. The summed E-state index contributed by atoms with van der Waals surface area (Å²) in [4.78, 5) is 4.32. The second-order valence-corrected chi connectivity index (χ2v) is 4.70. The first kappa shape index (κ1) is 13.3. The van der Waals surface area contributed by atoms with E-state index in [-0.39, 0.29) is 0 Å². The van der Waals surface area contributed by atoms with Crippen LogP contribution in [-0.4, -0.2) is 31.3 Å². The Morgan fingerprint density at radius 3 is 3.28 bits per heavy atom. The van der Waals surface area contributed by atoms with Gasteiger partial charge in [-0.15, -0.1) is 0 Å². The molecule has 1 N–H and O–H groups in total. The van der Waals surface area contributed by atoms with Gasteiger partial charge in [-0.3, -0.25) is 4.98 Å². The van der Waals surface area contributed by atoms with Crippen molar-refractivity contribution in [2.45, 2.75) is 26.3 Å². The number of pyridine rings is 1. The first-order valence-corrected chi connectivity index (χ1v) is 6.74. The first-order chi connectivity index (χ1) is 8.88. The molecule has 0 aromatic carbocycles. The molecule has 0 spiro atoms.